The van der Waals surface area contributed by atoms with Crippen LogP contribution in [0.25, 0.3) is 0 Å². The molecule has 0 spiro atoms. The van der Waals surface area contributed by atoms with Gasteiger partial charge in [-0.3, -0.25) is 9.59 Å². The van der Waals surface area contributed by atoms with Gasteiger partial charge in [0.15, 0.2) is 6.10 Å². The molecule has 2 amide bonds. The lowest BCUT2D eigenvalue weighted by Gasteiger charge is -2.17. The van der Waals surface area contributed by atoms with Gasteiger partial charge in [-0.05, 0) is 45.0 Å². The summed E-state index contributed by atoms with van der Waals surface area (Å²) in [6, 6.07) is 10.9. The fourth-order valence-corrected chi connectivity index (χ4v) is 3.47. The first kappa shape index (κ1) is 25.3. The van der Waals surface area contributed by atoms with Gasteiger partial charge in [-0.2, -0.15) is 13.2 Å². The van der Waals surface area contributed by atoms with E-state index in [4.69, 9.17) is 4.74 Å². The Kier molecular flexibility index (Phi) is 8.71. The highest BCUT2D eigenvalue weighted by atomic mass is 32.2. The molecular formula is C22H23F3N2O4S. The highest BCUT2D eigenvalue weighted by Crippen LogP contribution is 2.34. The lowest BCUT2D eigenvalue weighted by Crippen LogP contribution is -2.31. The zero-order chi connectivity index (χ0) is 23.9. The predicted octanol–water partition coefficient (Wildman–Crippen LogP) is 4.51. The predicted molar refractivity (Wildman–Crippen MR) is 115 cm³/mol. The molecule has 0 aliphatic heterocycles. The number of esters is 1. The Bertz CT molecular complexity index is 980. The van der Waals surface area contributed by atoms with Gasteiger partial charge in [-0.1, -0.05) is 24.3 Å². The van der Waals surface area contributed by atoms with Crippen molar-refractivity contribution >= 4 is 35.2 Å². The van der Waals surface area contributed by atoms with E-state index >= 15 is 0 Å². The number of halogens is 3. The number of alkyl halides is 3. The van der Waals surface area contributed by atoms with Crippen LogP contribution in [0, 0.1) is 0 Å². The van der Waals surface area contributed by atoms with Crippen molar-refractivity contribution in [1.29, 1.82) is 0 Å². The van der Waals surface area contributed by atoms with Crippen LogP contribution in [-0.4, -0.2) is 35.7 Å². The van der Waals surface area contributed by atoms with Crippen LogP contribution in [0.2, 0.25) is 0 Å². The molecule has 0 saturated carbocycles. The summed E-state index contributed by atoms with van der Waals surface area (Å²) in [5.41, 5.74) is -1.29. The van der Waals surface area contributed by atoms with Crippen LogP contribution in [0.1, 0.15) is 36.7 Å². The van der Waals surface area contributed by atoms with Crippen molar-refractivity contribution in [2.75, 3.05) is 11.1 Å². The number of para-hydroxylation sites is 1. The number of hydrogen-bond donors (Lipinski definition) is 2. The van der Waals surface area contributed by atoms with Crippen molar-refractivity contribution in [3.63, 3.8) is 0 Å². The molecule has 0 bridgehead atoms. The molecule has 2 aromatic carbocycles. The Balaban J connectivity index is 2.05. The number of anilines is 1. The minimum atomic E-state index is -4.65. The van der Waals surface area contributed by atoms with Crippen LogP contribution >= 0.6 is 11.8 Å². The van der Waals surface area contributed by atoms with E-state index < -0.39 is 35.4 Å². The lowest BCUT2D eigenvalue weighted by atomic mass is 10.1. The fourth-order valence-electron chi connectivity index (χ4n) is 2.62. The van der Waals surface area contributed by atoms with Crippen molar-refractivity contribution in [3.05, 3.63) is 59.7 Å². The molecule has 6 nitrogen and oxygen atoms in total. The smallest absolute Gasteiger partial charge is 0.418 e. The zero-order valence-electron chi connectivity index (χ0n) is 17.7. The van der Waals surface area contributed by atoms with E-state index in [9.17, 15) is 27.6 Å². The van der Waals surface area contributed by atoms with Gasteiger partial charge in [0.25, 0.3) is 5.91 Å². The van der Waals surface area contributed by atoms with Crippen molar-refractivity contribution in [2.45, 2.75) is 44.0 Å². The van der Waals surface area contributed by atoms with E-state index in [2.05, 4.69) is 10.6 Å². The molecule has 2 N–H and O–H groups in total. The van der Waals surface area contributed by atoms with Crippen molar-refractivity contribution in [3.8, 4) is 0 Å². The summed E-state index contributed by atoms with van der Waals surface area (Å²) in [5.74, 6) is -1.86. The Labute approximate surface area is 187 Å². The highest BCUT2D eigenvalue weighted by Gasteiger charge is 2.34. The van der Waals surface area contributed by atoms with Crippen LogP contribution in [0.3, 0.4) is 0 Å². The third-order valence-corrected chi connectivity index (χ3v) is 5.13. The zero-order valence-corrected chi connectivity index (χ0v) is 18.5. The summed E-state index contributed by atoms with van der Waals surface area (Å²) in [6.07, 6.45) is -6.01. The molecule has 0 heterocycles. The number of nitrogens with one attached hydrogen (secondary N) is 2. The molecule has 0 aliphatic rings. The number of hydrogen-bond acceptors (Lipinski definition) is 5. The molecule has 32 heavy (non-hydrogen) atoms. The topological polar surface area (TPSA) is 84.5 Å². The first-order chi connectivity index (χ1) is 15.0. The van der Waals surface area contributed by atoms with E-state index in [0.717, 1.165) is 23.9 Å². The van der Waals surface area contributed by atoms with E-state index in [-0.39, 0.29) is 23.3 Å². The average Bonchev–Trinajstić information content (AvgIpc) is 2.71. The van der Waals surface area contributed by atoms with Gasteiger partial charge in [0.1, 0.15) is 0 Å². The molecule has 2 aromatic rings. The third kappa shape index (κ3) is 7.30. The van der Waals surface area contributed by atoms with Gasteiger partial charge in [-0.15, -0.1) is 11.8 Å². The van der Waals surface area contributed by atoms with Crippen LogP contribution in [-0.2, 0) is 20.5 Å². The summed E-state index contributed by atoms with van der Waals surface area (Å²) in [6.45, 7) is 4.91. The molecule has 0 radical (unpaired) electrons. The second-order valence-electron chi connectivity index (χ2n) is 7.09. The van der Waals surface area contributed by atoms with Gasteiger partial charge in [0.2, 0.25) is 5.91 Å². The van der Waals surface area contributed by atoms with E-state index in [0.29, 0.717) is 4.90 Å². The van der Waals surface area contributed by atoms with Crippen molar-refractivity contribution in [2.24, 2.45) is 0 Å². The van der Waals surface area contributed by atoms with E-state index in [1.54, 1.807) is 18.2 Å². The molecule has 1 atom stereocenters. The minimum absolute atomic E-state index is 0.0230. The summed E-state index contributed by atoms with van der Waals surface area (Å²) in [4.78, 5) is 37.3. The SMILES string of the molecule is CC(C)NC(=O)CSc1ccccc1C(=O)OC(C)C(=O)Nc1ccccc1C(F)(F)F. The second-order valence-corrected chi connectivity index (χ2v) is 8.10. The Morgan fingerprint density at radius 1 is 1.00 bits per heavy atom. The van der Waals surface area contributed by atoms with Gasteiger partial charge in [-0.25, -0.2) is 4.79 Å². The maximum Gasteiger partial charge on any atom is 0.418 e. The van der Waals surface area contributed by atoms with E-state index in [1.165, 1.54) is 25.1 Å². The van der Waals surface area contributed by atoms with Crippen molar-refractivity contribution < 1.29 is 32.3 Å². The Hall–Kier alpha value is -3.01. The van der Waals surface area contributed by atoms with Crippen molar-refractivity contribution in [1.82, 2.24) is 5.32 Å². The summed E-state index contributed by atoms with van der Waals surface area (Å²) < 4.78 is 44.5. The minimum Gasteiger partial charge on any atom is -0.449 e. The average molecular weight is 468 g/mol. The number of benzene rings is 2. The summed E-state index contributed by atoms with van der Waals surface area (Å²) >= 11 is 1.13. The first-order valence-corrected chi connectivity index (χ1v) is 10.7. The van der Waals surface area contributed by atoms with Gasteiger partial charge >= 0.3 is 12.1 Å². The Morgan fingerprint density at radius 2 is 1.62 bits per heavy atom. The lowest BCUT2D eigenvalue weighted by molar-refractivity contribution is -0.137. The normalized spacial score (nSPS) is 12.2. The second kappa shape index (κ2) is 11.0. The number of ether oxygens (including phenoxy) is 1. The third-order valence-electron chi connectivity index (χ3n) is 4.06. The van der Waals surface area contributed by atoms with Gasteiger partial charge in [0.05, 0.1) is 22.6 Å². The molecule has 0 saturated heterocycles. The maximum atomic E-state index is 13.1. The number of rotatable bonds is 8. The number of carbonyl (C=O) groups is 3. The number of amides is 2. The molecule has 1 unspecified atom stereocenters. The van der Waals surface area contributed by atoms with Gasteiger partial charge in [0, 0.05) is 10.9 Å². The summed E-state index contributed by atoms with van der Waals surface area (Å²) in [5, 5.41) is 4.89. The number of carbonyl (C=O) groups excluding carboxylic acids is 3. The maximum absolute atomic E-state index is 13.1. The molecule has 10 heteroatoms. The monoisotopic (exact) mass is 468 g/mol. The van der Waals surface area contributed by atoms with Crippen LogP contribution in [0.4, 0.5) is 18.9 Å². The van der Waals surface area contributed by atoms with E-state index in [1.807, 2.05) is 13.8 Å². The van der Waals surface area contributed by atoms with Crippen LogP contribution in [0.5, 0.6) is 0 Å². The highest BCUT2D eigenvalue weighted by molar-refractivity contribution is 8.00. The van der Waals surface area contributed by atoms with Crippen LogP contribution in [0.15, 0.2) is 53.4 Å². The molecule has 0 fully saturated rings. The molecule has 172 valence electrons. The quantitative estimate of drug-likeness (QED) is 0.440. The van der Waals surface area contributed by atoms with Crippen LogP contribution < -0.4 is 10.6 Å². The van der Waals surface area contributed by atoms with Gasteiger partial charge < -0.3 is 15.4 Å². The molecule has 0 aliphatic carbocycles. The Morgan fingerprint density at radius 3 is 2.28 bits per heavy atom. The standard InChI is InChI=1S/C22H23F3N2O4S/c1-13(2)26-19(28)12-32-18-11-7-4-8-15(18)21(30)31-14(3)20(29)27-17-10-6-5-9-16(17)22(23,24)25/h4-11,13-14H,12H2,1-3H3,(H,26,28)(H,27,29). The first-order valence-electron chi connectivity index (χ1n) is 9.68. The summed E-state index contributed by atoms with van der Waals surface area (Å²) in [7, 11) is 0. The largest absolute Gasteiger partial charge is 0.449 e. The fraction of sp³-hybridized carbons (Fsp3) is 0.318. The molecular weight excluding hydrogens is 445 g/mol. The molecule has 2 rings (SSSR count). The molecule has 0 aromatic heterocycles. The number of thioether (sulfide) groups is 1.